The molecule has 2 aromatic rings. The number of hydrogen-bond acceptors (Lipinski definition) is 5. The van der Waals surface area contributed by atoms with Gasteiger partial charge in [0, 0.05) is 50.7 Å². The fourth-order valence-corrected chi connectivity index (χ4v) is 5.23. The second-order valence-electron chi connectivity index (χ2n) is 8.46. The number of piperazine rings is 1. The Morgan fingerprint density at radius 1 is 1.06 bits per heavy atom. The van der Waals surface area contributed by atoms with Crippen LogP contribution in [0, 0.1) is 5.92 Å². The number of benzene rings is 1. The van der Waals surface area contributed by atoms with Crippen LogP contribution in [0.5, 0.6) is 5.75 Å². The normalized spacial score (nSPS) is 19.1. The third kappa shape index (κ3) is 5.92. The first kappa shape index (κ1) is 22.0. The van der Waals surface area contributed by atoms with Crippen LogP contribution >= 0.6 is 11.3 Å². The highest BCUT2D eigenvalue weighted by atomic mass is 32.1. The van der Waals surface area contributed by atoms with E-state index < -0.39 is 0 Å². The number of hydrogen-bond donors (Lipinski definition) is 2. The van der Waals surface area contributed by atoms with Crippen LogP contribution in [0.4, 0.5) is 5.69 Å². The van der Waals surface area contributed by atoms with E-state index >= 15 is 0 Å². The van der Waals surface area contributed by atoms with Crippen molar-refractivity contribution in [1.29, 1.82) is 0 Å². The van der Waals surface area contributed by atoms with Crippen molar-refractivity contribution in [3.8, 4) is 5.75 Å². The Kier molecular flexibility index (Phi) is 7.70. The fraction of sp³-hybridized carbons (Fsp3) is 0.542. The number of aromatic hydroxyl groups is 1. The van der Waals surface area contributed by atoms with Gasteiger partial charge in [0.05, 0.1) is 5.69 Å². The molecule has 6 nitrogen and oxygen atoms in total. The summed E-state index contributed by atoms with van der Waals surface area (Å²) in [5.41, 5.74) is 0.929. The summed E-state index contributed by atoms with van der Waals surface area (Å²) in [6, 6.07) is 12.0. The molecule has 0 amide bonds. The van der Waals surface area contributed by atoms with Crippen molar-refractivity contribution in [2.45, 2.75) is 26.3 Å². The zero-order chi connectivity index (χ0) is 21.5. The molecular formula is C24H35N5OS. The predicted molar refractivity (Wildman–Crippen MR) is 130 cm³/mol. The molecule has 7 heteroatoms. The molecule has 0 atom stereocenters. The molecule has 2 N–H and O–H groups in total. The number of rotatable bonds is 6. The Morgan fingerprint density at radius 2 is 1.84 bits per heavy atom. The second-order valence-corrected chi connectivity index (χ2v) is 9.49. The van der Waals surface area contributed by atoms with Crippen molar-refractivity contribution in [1.82, 2.24) is 15.1 Å². The quantitative estimate of drug-likeness (QED) is 0.531. The Morgan fingerprint density at radius 3 is 2.52 bits per heavy atom. The SMILES string of the molecule is CCNC(=NCC1CCN(Cc2cccs2)CC1)N1CCN(c2ccccc2O)CC1. The number of thiophene rings is 1. The molecular weight excluding hydrogens is 406 g/mol. The first-order valence-electron chi connectivity index (χ1n) is 11.5. The second kappa shape index (κ2) is 10.9. The molecule has 0 unspecified atom stereocenters. The molecule has 0 spiro atoms. The van der Waals surface area contributed by atoms with Crippen LogP contribution < -0.4 is 10.2 Å². The molecule has 1 aromatic carbocycles. The minimum absolute atomic E-state index is 0.363. The van der Waals surface area contributed by atoms with E-state index in [-0.39, 0.29) is 0 Å². The summed E-state index contributed by atoms with van der Waals surface area (Å²) < 4.78 is 0. The van der Waals surface area contributed by atoms with Crippen molar-refractivity contribution in [3.63, 3.8) is 0 Å². The van der Waals surface area contributed by atoms with Crippen LogP contribution in [0.1, 0.15) is 24.6 Å². The third-order valence-electron chi connectivity index (χ3n) is 6.30. The van der Waals surface area contributed by atoms with Crippen molar-refractivity contribution in [3.05, 3.63) is 46.7 Å². The van der Waals surface area contributed by atoms with Crippen LogP contribution in [0.3, 0.4) is 0 Å². The lowest BCUT2D eigenvalue weighted by Crippen LogP contribution is -2.52. The van der Waals surface area contributed by atoms with E-state index in [2.05, 4.69) is 44.5 Å². The number of likely N-dealkylation sites (tertiary alicyclic amines) is 1. The Bertz CT molecular complexity index is 824. The maximum atomic E-state index is 10.1. The molecule has 3 heterocycles. The summed E-state index contributed by atoms with van der Waals surface area (Å²) in [5.74, 6) is 2.08. The number of nitrogens with one attached hydrogen (secondary N) is 1. The Hall–Kier alpha value is -2.25. The summed E-state index contributed by atoms with van der Waals surface area (Å²) in [5, 5.41) is 15.8. The van der Waals surface area contributed by atoms with Crippen molar-refractivity contribution in [2.75, 3.05) is 57.3 Å². The molecule has 0 saturated carbocycles. The lowest BCUT2D eigenvalue weighted by molar-refractivity contribution is 0.181. The first-order chi connectivity index (χ1) is 15.2. The lowest BCUT2D eigenvalue weighted by atomic mass is 9.97. The number of phenols is 1. The number of phenolic OH excluding ortho intramolecular Hbond substituents is 1. The average Bonchev–Trinajstić information content (AvgIpc) is 3.31. The monoisotopic (exact) mass is 441 g/mol. The van der Waals surface area contributed by atoms with Gasteiger partial charge in [0.25, 0.3) is 0 Å². The van der Waals surface area contributed by atoms with Gasteiger partial charge in [-0.1, -0.05) is 18.2 Å². The molecule has 0 bridgehead atoms. The standard InChI is InChI=1S/C24H35N5OS/c1-2-25-24(29-15-13-28(14-16-29)22-7-3-4-8-23(22)30)26-18-20-9-11-27(12-10-20)19-21-6-5-17-31-21/h3-8,17,20,30H,2,9-16,18-19H2,1H3,(H,25,26). The van der Waals surface area contributed by atoms with Crippen molar-refractivity contribution in [2.24, 2.45) is 10.9 Å². The number of aliphatic imine (C=N–C) groups is 1. The number of para-hydroxylation sites is 2. The molecule has 31 heavy (non-hydrogen) atoms. The summed E-state index contributed by atoms with van der Waals surface area (Å²) in [6.07, 6.45) is 2.46. The molecule has 2 fully saturated rings. The minimum Gasteiger partial charge on any atom is -0.506 e. The number of anilines is 1. The maximum absolute atomic E-state index is 10.1. The summed E-state index contributed by atoms with van der Waals surface area (Å²) in [4.78, 5) is 13.7. The largest absolute Gasteiger partial charge is 0.506 e. The average molecular weight is 442 g/mol. The van der Waals surface area contributed by atoms with E-state index in [1.54, 1.807) is 6.07 Å². The number of piperidine rings is 1. The van der Waals surface area contributed by atoms with E-state index in [9.17, 15) is 5.11 Å². The zero-order valence-electron chi connectivity index (χ0n) is 18.5. The highest BCUT2D eigenvalue weighted by Crippen LogP contribution is 2.27. The topological polar surface area (TPSA) is 54.3 Å². The highest BCUT2D eigenvalue weighted by Gasteiger charge is 2.23. The van der Waals surface area contributed by atoms with Crippen LogP contribution in [0.2, 0.25) is 0 Å². The molecule has 2 saturated heterocycles. The van der Waals surface area contributed by atoms with E-state index in [0.717, 1.165) is 57.5 Å². The number of guanidine groups is 1. The molecule has 4 rings (SSSR count). The van der Waals surface area contributed by atoms with Gasteiger partial charge in [0.15, 0.2) is 5.96 Å². The van der Waals surface area contributed by atoms with E-state index in [0.29, 0.717) is 11.7 Å². The predicted octanol–water partition coefficient (Wildman–Crippen LogP) is 3.45. The smallest absolute Gasteiger partial charge is 0.194 e. The van der Waals surface area contributed by atoms with Crippen LogP contribution in [-0.2, 0) is 6.54 Å². The van der Waals surface area contributed by atoms with Crippen molar-refractivity contribution < 1.29 is 5.11 Å². The molecule has 168 valence electrons. The summed E-state index contributed by atoms with van der Waals surface area (Å²) >= 11 is 1.86. The molecule has 0 aliphatic carbocycles. The third-order valence-corrected chi connectivity index (χ3v) is 7.16. The molecule has 1 aromatic heterocycles. The molecule has 2 aliphatic heterocycles. The molecule has 2 aliphatic rings. The van der Waals surface area contributed by atoms with Crippen molar-refractivity contribution >= 4 is 23.0 Å². The van der Waals surface area contributed by atoms with E-state index in [4.69, 9.17) is 4.99 Å². The van der Waals surface area contributed by atoms with Gasteiger partial charge in [-0.2, -0.15) is 0 Å². The minimum atomic E-state index is 0.363. The molecule has 0 radical (unpaired) electrons. The maximum Gasteiger partial charge on any atom is 0.194 e. The fourth-order valence-electron chi connectivity index (χ4n) is 4.48. The van der Waals surface area contributed by atoms with Gasteiger partial charge < -0.3 is 20.2 Å². The van der Waals surface area contributed by atoms with Gasteiger partial charge in [-0.25, -0.2) is 0 Å². The Balaban J connectivity index is 1.26. The van der Waals surface area contributed by atoms with Gasteiger partial charge in [0.1, 0.15) is 5.75 Å². The van der Waals surface area contributed by atoms with Gasteiger partial charge in [-0.15, -0.1) is 11.3 Å². The van der Waals surface area contributed by atoms with E-state index in [1.807, 2.05) is 29.5 Å². The van der Waals surface area contributed by atoms with Gasteiger partial charge in [-0.3, -0.25) is 9.89 Å². The van der Waals surface area contributed by atoms with Crippen LogP contribution in [-0.4, -0.2) is 73.2 Å². The Labute approximate surface area is 190 Å². The van der Waals surface area contributed by atoms with Crippen LogP contribution in [0.25, 0.3) is 0 Å². The lowest BCUT2D eigenvalue weighted by Gasteiger charge is -2.38. The first-order valence-corrected chi connectivity index (χ1v) is 12.4. The summed E-state index contributed by atoms with van der Waals surface area (Å²) in [7, 11) is 0. The van der Waals surface area contributed by atoms with E-state index in [1.165, 1.54) is 30.8 Å². The van der Waals surface area contributed by atoms with Crippen LogP contribution in [0.15, 0.2) is 46.8 Å². The van der Waals surface area contributed by atoms with Gasteiger partial charge in [-0.05, 0) is 62.4 Å². The zero-order valence-corrected chi connectivity index (χ0v) is 19.4. The van der Waals surface area contributed by atoms with Gasteiger partial charge >= 0.3 is 0 Å². The van der Waals surface area contributed by atoms with Gasteiger partial charge in [0.2, 0.25) is 0 Å². The summed E-state index contributed by atoms with van der Waals surface area (Å²) in [6.45, 7) is 11.0. The number of nitrogens with zero attached hydrogens (tertiary/aromatic N) is 4. The highest BCUT2D eigenvalue weighted by molar-refractivity contribution is 7.09.